The van der Waals surface area contributed by atoms with E-state index >= 15 is 0 Å². The Kier molecular flexibility index (Phi) is 2.74. The van der Waals surface area contributed by atoms with Gasteiger partial charge in [-0.15, -0.1) is 0 Å². The minimum Gasteiger partial charge on any atom is -0.338 e. The van der Waals surface area contributed by atoms with E-state index in [1.54, 1.807) is 0 Å². The highest BCUT2D eigenvalue weighted by molar-refractivity contribution is 7.89. The van der Waals surface area contributed by atoms with Gasteiger partial charge in [-0.25, -0.2) is 8.42 Å². The third-order valence-electron chi connectivity index (χ3n) is 1.89. The minimum atomic E-state index is -3.14. The Morgan fingerprint density at radius 3 is 2.56 bits per heavy atom. The maximum absolute atomic E-state index is 11.0. The molecule has 0 aliphatic rings. The maximum atomic E-state index is 11.0. The number of hydrogen-bond acceptors (Lipinski definition) is 5. The highest BCUT2D eigenvalue weighted by atomic mass is 32.2. The molecule has 0 radical (unpaired) electrons. The zero-order valence-corrected chi connectivity index (χ0v) is 9.44. The van der Waals surface area contributed by atoms with Gasteiger partial charge in [-0.3, -0.25) is 0 Å². The van der Waals surface area contributed by atoms with Crippen LogP contribution >= 0.6 is 0 Å². The number of hydrogen-bond donors (Lipinski definition) is 0. The second-order valence-electron chi connectivity index (χ2n) is 3.45. The molecule has 0 atom stereocenters. The molecule has 0 amide bonds. The zero-order chi connectivity index (χ0) is 11.6. The lowest BCUT2D eigenvalue weighted by Gasteiger charge is -1.91. The van der Waals surface area contributed by atoms with Crippen molar-refractivity contribution in [1.29, 1.82) is 0 Å². The fourth-order valence-corrected chi connectivity index (χ4v) is 1.81. The molecule has 2 aromatic rings. The monoisotopic (exact) mass is 238 g/mol. The number of sulfone groups is 1. The normalized spacial score (nSPS) is 11.6. The molecule has 2 rings (SSSR count). The third-order valence-corrected chi connectivity index (χ3v) is 2.66. The van der Waals surface area contributed by atoms with Crippen molar-refractivity contribution in [1.82, 2.24) is 10.1 Å². The number of rotatable bonds is 3. The van der Waals surface area contributed by atoms with Crippen molar-refractivity contribution in [2.24, 2.45) is 0 Å². The van der Waals surface area contributed by atoms with Crippen molar-refractivity contribution in [2.75, 3.05) is 6.26 Å². The van der Waals surface area contributed by atoms with Crippen LogP contribution in [0.3, 0.4) is 0 Å². The molecule has 0 spiro atoms. The number of nitrogens with zero attached hydrogens (tertiary/aromatic N) is 2. The molecule has 1 aromatic heterocycles. The van der Waals surface area contributed by atoms with E-state index < -0.39 is 9.84 Å². The summed E-state index contributed by atoms with van der Waals surface area (Å²) in [6.45, 7) is 0. The quantitative estimate of drug-likeness (QED) is 0.805. The van der Waals surface area contributed by atoms with Crippen LogP contribution in [0.25, 0.3) is 11.4 Å². The van der Waals surface area contributed by atoms with Crippen LogP contribution < -0.4 is 0 Å². The molecule has 0 aliphatic heterocycles. The van der Waals surface area contributed by atoms with E-state index in [1.807, 2.05) is 30.3 Å². The van der Waals surface area contributed by atoms with Gasteiger partial charge in [-0.1, -0.05) is 35.5 Å². The summed E-state index contributed by atoms with van der Waals surface area (Å²) in [7, 11) is -3.14. The average Bonchev–Trinajstić information content (AvgIpc) is 2.65. The van der Waals surface area contributed by atoms with E-state index in [-0.39, 0.29) is 11.6 Å². The first-order valence-corrected chi connectivity index (χ1v) is 6.66. The summed E-state index contributed by atoms with van der Waals surface area (Å²) in [4.78, 5) is 4.01. The summed E-state index contributed by atoms with van der Waals surface area (Å²) in [5.74, 6) is 0.285. The fraction of sp³-hybridized carbons (Fsp3) is 0.200. The van der Waals surface area contributed by atoms with Gasteiger partial charge in [-0.05, 0) is 0 Å². The summed E-state index contributed by atoms with van der Waals surface area (Å²) in [6, 6.07) is 9.23. The molecule has 0 saturated heterocycles. The maximum Gasteiger partial charge on any atom is 0.242 e. The first kappa shape index (κ1) is 10.8. The lowest BCUT2D eigenvalue weighted by Crippen LogP contribution is -2.00. The summed E-state index contributed by atoms with van der Waals surface area (Å²) in [5.41, 5.74) is 0.797. The predicted octanol–water partition coefficient (Wildman–Crippen LogP) is 1.28. The van der Waals surface area contributed by atoms with E-state index in [0.29, 0.717) is 5.82 Å². The molecule has 1 aromatic carbocycles. The van der Waals surface area contributed by atoms with Crippen LogP contribution in [0.4, 0.5) is 0 Å². The lowest BCUT2D eigenvalue weighted by atomic mass is 10.2. The average molecular weight is 238 g/mol. The molecule has 84 valence electrons. The molecule has 5 nitrogen and oxygen atoms in total. The van der Waals surface area contributed by atoms with Crippen LogP contribution in [-0.2, 0) is 15.6 Å². The van der Waals surface area contributed by atoms with Crippen LogP contribution in [0.2, 0.25) is 0 Å². The van der Waals surface area contributed by atoms with E-state index in [9.17, 15) is 8.42 Å². The Morgan fingerprint density at radius 1 is 1.25 bits per heavy atom. The predicted molar refractivity (Wildman–Crippen MR) is 58.3 cm³/mol. The third kappa shape index (κ3) is 2.66. The largest absolute Gasteiger partial charge is 0.338 e. The van der Waals surface area contributed by atoms with Crippen molar-refractivity contribution in [3.63, 3.8) is 0 Å². The fourth-order valence-electron chi connectivity index (χ4n) is 1.24. The summed E-state index contributed by atoms with van der Waals surface area (Å²) in [5, 5.41) is 3.72. The van der Waals surface area contributed by atoms with Crippen molar-refractivity contribution in [3.05, 3.63) is 36.2 Å². The molecule has 0 fully saturated rings. The van der Waals surface area contributed by atoms with Gasteiger partial charge in [0.15, 0.2) is 9.84 Å². The van der Waals surface area contributed by atoms with Crippen LogP contribution in [0.1, 0.15) is 5.89 Å². The Labute approximate surface area is 93.0 Å². The van der Waals surface area contributed by atoms with Crippen molar-refractivity contribution in [3.8, 4) is 11.4 Å². The lowest BCUT2D eigenvalue weighted by molar-refractivity contribution is 0.389. The van der Waals surface area contributed by atoms with Gasteiger partial charge >= 0.3 is 0 Å². The van der Waals surface area contributed by atoms with Gasteiger partial charge < -0.3 is 4.52 Å². The summed E-state index contributed by atoms with van der Waals surface area (Å²) >= 11 is 0. The van der Waals surface area contributed by atoms with E-state index in [0.717, 1.165) is 11.8 Å². The van der Waals surface area contributed by atoms with Crippen molar-refractivity contribution in [2.45, 2.75) is 5.75 Å². The van der Waals surface area contributed by atoms with Gasteiger partial charge in [0, 0.05) is 11.8 Å². The Balaban J connectivity index is 2.27. The van der Waals surface area contributed by atoms with Crippen molar-refractivity contribution >= 4 is 9.84 Å². The summed E-state index contributed by atoms with van der Waals surface area (Å²) in [6.07, 6.45) is 1.12. The van der Waals surface area contributed by atoms with E-state index in [2.05, 4.69) is 10.1 Å². The zero-order valence-electron chi connectivity index (χ0n) is 8.62. The Morgan fingerprint density at radius 2 is 1.94 bits per heavy atom. The van der Waals surface area contributed by atoms with Crippen molar-refractivity contribution < 1.29 is 12.9 Å². The second-order valence-corrected chi connectivity index (χ2v) is 5.59. The van der Waals surface area contributed by atoms with Gasteiger partial charge in [0.25, 0.3) is 0 Å². The first-order valence-electron chi connectivity index (χ1n) is 4.60. The van der Waals surface area contributed by atoms with Crippen LogP contribution in [-0.4, -0.2) is 24.8 Å². The van der Waals surface area contributed by atoms with Crippen LogP contribution in [0.15, 0.2) is 34.9 Å². The molecule has 0 aliphatic carbocycles. The highest BCUT2D eigenvalue weighted by Crippen LogP contribution is 2.15. The molecule has 1 heterocycles. The molecule has 6 heteroatoms. The van der Waals surface area contributed by atoms with E-state index in [1.165, 1.54) is 0 Å². The minimum absolute atomic E-state index is 0.112. The number of benzene rings is 1. The summed E-state index contributed by atoms with van der Waals surface area (Å²) < 4.78 is 26.9. The Hall–Kier alpha value is -1.69. The van der Waals surface area contributed by atoms with Gasteiger partial charge in [0.2, 0.25) is 11.7 Å². The van der Waals surface area contributed by atoms with E-state index in [4.69, 9.17) is 4.52 Å². The standard InChI is InChI=1S/C10H10N2O3S/c1-16(13,14)7-9-11-10(12-15-9)8-5-3-2-4-6-8/h2-6H,7H2,1H3. The SMILES string of the molecule is CS(=O)(=O)Cc1nc(-c2ccccc2)no1. The smallest absolute Gasteiger partial charge is 0.242 e. The van der Waals surface area contributed by atoms with Gasteiger partial charge in [0.1, 0.15) is 5.75 Å². The molecule has 16 heavy (non-hydrogen) atoms. The highest BCUT2D eigenvalue weighted by Gasteiger charge is 2.13. The van der Waals surface area contributed by atoms with Gasteiger partial charge in [0.05, 0.1) is 0 Å². The molecule has 0 saturated carbocycles. The second kappa shape index (κ2) is 4.05. The first-order chi connectivity index (χ1) is 7.54. The van der Waals surface area contributed by atoms with Gasteiger partial charge in [-0.2, -0.15) is 4.98 Å². The molecular formula is C10H10N2O3S. The molecule has 0 bridgehead atoms. The molecular weight excluding hydrogens is 228 g/mol. The van der Waals surface area contributed by atoms with Crippen LogP contribution in [0.5, 0.6) is 0 Å². The molecule has 0 unspecified atom stereocenters. The molecule has 0 N–H and O–H groups in total. The number of aromatic nitrogens is 2. The van der Waals surface area contributed by atoms with Crippen LogP contribution in [0, 0.1) is 0 Å². The topological polar surface area (TPSA) is 73.1 Å². The Bertz CT molecular complexity index is 575.